The number of benzene rings is 10. The molecule has 4 heterocycles. The second-order valence-corrected chi connectivity index (χ2v) is 18.6. The summed E-state index contributed by atoms with van der Waals surface area (Å²) >= 11 is 1.84. The summed E-state index contributed by atoms with van der Waals surface area (Å²) in [5, 5.41) is 14.4. The Hall–Kier alpha value is -7.86. The first kappa shape index (κ1) is 36.6. The number of rotatable bonds is 5. The highest BCUT2D eigenvalue weighted by Crippen LogP contribution is 2.46. The highest BCUT2D eigenvalue weighted by Gasteiger charge is 2.35. The van der Waals surface area contributed by atoms with Crippen molar-refractivity contribution >= 4 is 119 Å². The molecule has 0 aliphatic carbocycles. The summed E-state index contributed by atoms with van der Waals surface area (Å²) in [6.45, 7) is 2.29. The summed E-state index contributed by atoms with van der Waals surface area (Å²) in [5.41, 5.74) is 9.50. The second kappa shape index (κ2) is 14.1. The number of hydrogen-bond acceptors (Lipinski definition) is 4. The number of aromatic nitrogens is 1. The Morgan fingerprint density at radius 2 is 1.09 bits per heavy atom. The molecule has 3 aromatic heterocycles. The lowest BCUT2D eigenvalue weighted by Crippen LogP contribution is -2.28. The summed E-state index contributed by atoms with van der Waals surface area (Å²) in [6.07, 6.45) is 0.852. The molecule has 0 radical (unpaired) electrons. The van der Waals surface area contributed by atoms with Crippen molar-refractivity contribution in [2.45, 2.75) is 19.4 Å². The van der Waals surface area contributed by atoms with Crippen molar-refractivity contribution in [2.24, 2.45) is 15.9 Å². The van der Waals surface area contributed by atoms with Crippen LogP contribution in [-0.2, 0) is 0 Å². The topological polar surface area (TPSA) is 42.8 Å². The van der Waals surface area contributed by atoms with E-state index in [4.69, 9.17) is 14.4 Å². The van der Waals surface area contributed by atoms with E-state index in [-0.39, 0.29) is 12.0 Å². The third-order valence-electron chi connectivity index (χ3n) is 14.0. The van der Waals surface area contributed by atoms with E-state index < -0.39 is 0 Å². The molecule has 65 heavy (non-hydrogen) atoms. The molecule has 0 amide bonds. The van der Waals surface area contributed by atoms with Gasteiger partial charge in [-0.05, 0) is 98.9 Å². The molecule has 2 unspecified atom stereocenters. The molecular weight excluding hydrogens is 811 g/mol. The quantitative estimate of drug-likeness (QED) is 0.170. The zero-order valence-electron chi connectivity index (χ0n) is 35.5. The lowest BCUT2D eigenvalue weighted by Gasteiger charge is -2.31. The first-order chi connectivity index (χ1) is 32.2. The van der Waals surface area contributed by atoms with Gasteiger partial charge in [-0.3, -0.25) is 4.99 Å². The zero-order chi connectivity index (χ0) is 42.8. The van der Waals surface area contributed by atoms with Gasteiger partial charge in [-0.1, -0.05) is 146 Å². The van der Waals surface area contributed by atoms with Gasteiger partial charge in [-0.15, -0.1) is 11.3 Å². The summed E-state index contributed by atoms with van der Waals surface area (Å²) in [7, 11) is 0. The first-order valence-corrected chi connectivity index (χ1v) is 23.3. The lowest BCUT2D eigenvalue weighted by atomic mass is 9.81. The van der Waals surface area contributed by atoms with Crippen LogP contribution in [0.4, 0.5) is 0 Å². The summed E-state index contributed by atoms with van der Waals surface area (Å²) in [4.78, 5) is 11.8. The van der Waals surface area contributed by atoms with Crippen LogP contribution in [0.5, 0.6) is 0 Å². The smallest absolute Gasteiger partial charge is 0.157 e. The van der Waals surface area contributed by atoms with E-state index >= 15 is 0 Å². The third kappa shape index (κ3) is 5.49. The minimum Gasteiger partial charge on any atom is -0.456 e. The predicted molar refractivity (Wildman–Crippen MR) is 276 cm³/mol. The van der Waals surface area contributed by atoms with Crippen molar-refractivity contribution < 1.29 is 4.42 Å². The highest BCUT2D eigenvalue weighted by molar-refractivity contribution is 7.25. The molecule has 0 saturated heterocycles. The van der Waals surface area contributed by atoms with Gasteiger partial charge in [0.1, 0.15) is 11.2 Å². The Kier molecular flexibility index (Phi) is 7.92. The van der Waals surface area contributed by atoms with Gasteiger partial charge in [0, 0.05) is 58.8 Å². The summed E-state index contributed by atoms with van der Waals surface area (Å²) in [5.74, 6) is 0.727. The average Bonchev–Trinajstić information content (AvgIpc) is 4.02. The molecule has 1 aliphatic heterocycles. The largest absolute Gasteiger partial charge is 0.456 e. The lowest BCUT2D eigenvalue weighted by molar-refractivity contribution is 0.535. The number of furan rings is 1. The van der Waals surface area contributed by atoms with Crippen molar-refractivity contribution in [2.75, 3.05) is 0 Å². The second-order valence-electron chi connectivity index (χ2n) is 17.5. The van der Waals surface area contributed by atoms with Gasteiger partial charge >= 0.3 is 0 Å². The van der Waals surface area contributed by atoms with E-state index in [1.165, 1.54) is 63.3 Å². The van der Waals surface area contributed by atoms with Crippen molar-refractivity contribution in [1.82, 2.24) is 4.57 Å². The SMILES string of the molecule is CCC1C(c2cccc3ccccc23)=NC(c2cc3sc4ccccc4c3cc2-n2c3cc4ccccc4cc3c3cc4ccccc4cc32)=NC1c1cccc2oc3ccccc3c12. The molecule has 2 atom stereocenters. The Balaban J connectivity index is 1.13. The Labute approximate surface area is 378 Å². The van der Waals surface area contributed by atoms with Gasteiger partial charge in [-0.25, -0.2) is 4.99 Å². The molecule has 0 bridgehead atoms. The van der Waals surface area contributed by atoms with E-state index in [1.54, 1.807) is 0 Å². The molecule has 0 fully saturated rings. The summed E-state index contributed by atoms with van der Waals surface area (Å²) < 4.78 is 11.5. The number of amidine groups is 1. The van der Waals surface area contributed by atoms with Crippen LogP contribution in [0.2, 0.25) is 0 Å². The van der Waals surface area contributed by atoms with Crippen molar-refractivity contribution in [1.29, 1.82) is 0 Å². The van der Waals surface area contributed by atoms with Crippen LogP contribution in [0.25, 0.3) is 102 Å². The Morgan fingerprint density at radius 1 is 0.492 bits per heavy atom. The monoisotopic (exact) mass is 849 g/mol. The molecule has 1 aliphatic rings. The number of aliphatic imine (C=N–C) groups is 2. The minimum absolute atomic E-state index is 0.00806. The van der Waals surface area contributed by atoms with Gasteiger partial charge in [0.2, 0.25) is 0 Å². The fourth-order valence-electron chi connectivity index (χ4n) is 11.0. The fourth-order valence-corrected chi connectivity index (χ4v) is 12.1. The van der Waals surface area contributed by atoms with Crippen LogP contribution < -0.4 is 0 Å². The maximum absolute atomic E-state index is 6.54. The predicted octanol–water partition coefficient (Wildman–Crippen LogP) is 16.5. The number of hydrogen-bond donors (Lipinski definition) is 0. The molecule has 0 N–H and O–H groups in total. The Bertz CT molecular complexity index is 4100. The van der Waals surface area contributed by atoms with Gasteiger partial charge in [0.15, 0.2) is 5.84 Å². The maximum Gasteiger partial charge on any atom is 0.157 e. The van der Waals surface area contributed by atoms with E-state index in [9.17, 15) is 0 Å². The maximum atomic E-state index is 6.54. The van der Waals surface area contributed by atoms with Gasteiger partial charge < -0.3 is 8.98 Å². The number of thiophene rings is 1. The van der Waals surface area contributed by atoms with Crippen LogP contribution in [-0.4, -0.2) is 16.1 Å². The van der Waals surface area contributed by atoms with Gasteiger partial charge in [0.05, 0.1) is 28.5 Å². The van der Waals surface area contributed by atoms with Crippen LogP contribution in [0.15, 0.2) is 209 Å². The van der Waals surface area contributed by atoms with Crippen LogP contribution in [0, 0.1) is 5.92 Å². The molecular formula is C60H39N3OS. The number of para-hydroxylation sites is 1. The zero-order valence-corrected chi connectivity index (χ0v) is 36.3. The molecule has 4 nitrogen and oxygen atoms in total. The van der Waals surface area contributed by atoms with Gasteiger partial charge in [0.25, 0.3) is 0 Å². The standard InChI is InChI=1S/C60H39N3OS/c1-2-40-58(43-24-13-20-35-15-7-8-21-41(35)43)61-60(62-59(40)45-25-14-27-54-57(45)44-23-9-11-26-53(44)64-54)49-34-56-48(42-22-10-12-28-55(42)65-56)33-52(49)63-50-31-38-18-5-3-16-36(38)29-46(50)47-30-37-17-4-6-19-39(37)32-51(47)63/h3-34,40,59H,2H2,1H3. The first-order valence-electron chi connectivity index (χ1n) is 22.5. The number of nitrogens with zero attached hydrogens (tertiary/aromatic N) is 3. The molecule has 14 rings (SSSR count). The number of fused-ring (bicyclic) bond motifs is 12. The molecule has 5 heteroatoms. The van der Waals surface area contributed by atoms with E-state index in [1.807, 2.05) is 17.4 Å². The van der Waals surface area contributed by atoms with Crippen LogP contribution in [0.3, 0.4) is 0 Å². The fraction of sp³-hybridized carbons (Fsp3) is 0.0667. The minimum atomic E-state index is -0.247. The average molecular weight is 850 g/mol. The van der Waals surface area contributed by atoms with E-state index in [0.29, 0.717) is 0 Å². The van der Waals surface area contributed by atoms with Gasteiger partial charge in [-0.2, -0.15) is 0 Å². The molecule has 10 aromatic carbocycles. The van der Waals surface area contributed by atoms with Crippen LogP contribution >= 0.6 is 11.3 Å². The van der Waals surface area contributed by atoms with Crippen molar-refractivity contribution in [3.63, 3.8) is 0 Å². The van der Waals surface area contributed by atoms with E-state index in [2.05, 4.69) is 200 Å². The normalized spacial score (nSPS) is 15.7. The summed E-state index contributed by atoms with van der Waals surface area (Å²) in [6, 6.07) is 70.6. The van der Waals surface area contributed by atoms with E-state index in [0.717, 1.165) is 73.3 Å². The Morgan fingerprint density at radius 3 is 1.83 bits per heavy atom. The van der Waals surface area contributed by atoms with Crippen molar-refractivity contribution in [3.8, 4) is 5.69 Å². The third-order valence-corrected chi connectivity index (χ3v) is 15.1. The molecule has 306 valence electrons. The molecule has 13 aromatic rings. The molecule has 0 saturated carbocycles. The van der Waals surface area contributed by atoms with Crippen molar-refractivity contribution in [3.05, 3.63) is 211 Å². The van der Waals surface area contributed by atoms with Crippen LogP contribution in [0.1, 0.15) is 36.1 Å². The highest BCUT2D eigenvalue weighted by atomic mass is 32.1. The molecule has 0 spiro atoms.